The van der Waals surface area contributed by atoms with Crippen molar-refractivity contribution in [1.82, 2.24) is 10.6 Å². The summed E-state index contributed by atoms with van der Waals surface area (Å²) in [4.78, 5) is 26.2. The van der Waals surface area contributed by atoms with Crippen LogP contribution in [0.25, 0.3) is 12.2 Å². The van der Waals surface area contributed by atoms with Crippen LogP contribution in [0.2, 0.25) is 0 Å². The summed E-state index contributed by atoms with van der Waals surface area (Å²) in [5, 5.41) is 11.4. The van der Waals surface area contributed by atoms with E-state index in [-0.39, 0.29) is 21.9 Å². The van der Waals surface area contributed by atoms with Crippen LogP contribution >= 0.6 is 46.0 Å². The van der Waals surface area contributed by atoms with Crippen LogP contribution in [-0.4, -0.2) is 22.0 Å². The quantitative estimate of drug-likeness (QED) is 0.0821. The fourth-order valence-electron chi connectivity index (χ4n) is 3.41. The lowest BCUT2D eigenvalue weighted by Crippen LogP contribution is -2.32. The average Bonchev–Trinajstić information content (AvgIpc) is 3.01. The Morgan fingerprint density at radius 3 is 1.23 bits per heavy atom. The normalized spacial score (nSPS) is 10.9. The monoisotopic (exact) mass is 662 g/mol. The van der Waals surface area contributed by atoms with E-state index < -0.39 is 11.8 Å². The lowest BCUT2D eigenvalue weighted by atomic mass is 10.2. The number of rotatable bonds is 9. The number of hydrogen-bond donors (Lipinski definition) is 4. The Labute approximate surface area is 271 Å². The van der Waals surface area contributed by atoms with Crippen molar-refractivity contribution in [3.8, 4) is 0 Å². The highest BCUT2D eigenvalue weighted by molar-refractivity contribution is 8.76. The summed E-state index contributed by atoms with van der Waals surface area (Å²) < 4.78 is 26.0. The summed E-state index contributed by atoms with van der Waals surface area (Å²) in [6.45, 7) is 0. The van der Waals surface area contributed by atoms with Crippen molar-refractivity contribution in [2.45, 2.75) is 9.79 Å². The number of halogens is 2. The van der Waals surface area contributed by atoms with Gasteiger partial charge in [-0.05, 0) is 121 Å². The predicted octanol–water partition coefficient (Wildman–Crippen LogP) is 7.82. The van der Waals surface area contributed by atoms with E-state index >= 15 is 0 Å². The third kappa shape index (κ3) is 11.4. The van der Waals surface area contributed by atoms with Crippen LogP contribution in [0.5, 0.6) is 0 Å². The predicted molar refractivity (Wildman–Crippen MR) is 184 cm³/mol. The maximum atomic E-state index is 13.0. The molecule has 0 saturated carbocycles. The lowest BCUT2D eigenvalue weighted by Gasteiger charge is -2.10. The molecule has 0 radical (unpaired) electrons. The number of amides is 2. The highest BCUT2D eigenvalue weighted by Gasteiger charge is 2.05. The zero-order valence-corrected chi connectivity index (χ0v) is 26.0. The van der Waals surface area contributed by atoms with Crippen molar-refractivity contribution in [2.75, 3.05) is 10.6 Å². The van der Waals surface area contributed by atoms with Crippen LogP contribution in [0.4, 0.5) is 20.2 Å². The minimum absolute atomic E-state index is 0.155. The molecule has 0 unspecified atom stereocenters. The van der Waals surface area contributed by atoms with Gasteiger partial charge in [0, 0.05) is 33.3 Å². The van der Waals surface area contributed by atoms with E-state index in [1.54, 1.807) is 58.0 Å². The molecule has 4 rings (SSSR count). The number of anilines is 2. The topological polar surface area (TPSA) is 82.3 Å². The molecular formula is C32H24F2N4O2S4. The SMILES string of the molecule is O=C(/C=C/c1ccc(F)cc1)NC(=S)Nc1ccc(SSc2ccc(NC(=S)NC(=O)/C=C/c3ccc(F)cc3)cc2)cc1. The molecule has 0 spiro atoms. The van der Waals surface area contributed by atoms with Crippen LogP contribution in [-0.2, 0) is 9.59 Å². The number of carbonyl (C=O) groups is 2. The lowest BCUT2D eigenvalue weighted by molar-refractivity contribution is -0.115. The summed E-state index contributed by atoms with van der Waals surface area (Å²) >= 11 is 10.4. The molecule has 222 valence electrons. The second-order valence-electron chi connectivity index (χ2n) is 8.87. The van der Waals surface area contributed by atoms with Crippen LogP contribution in [0, 0.1) is 11.6 Å². The van der Waals surface area contributed by atoms with Crippen molar-refractivity contribution in [2.24, 2.45) is 0 Å². The van der Waals surface area contributed by atoms with Crippen LogP contribution in [0.1, 0.15) is 11.1 Å². The van der Waals surface area contributed by atoms with Crippen molar-refractivity contribution in [3.05, 3.63) is 132 Å². The molecule has 0 bridgehead atoms. The Bertz CT molecular complexity index is 1550. The molecule has 0 aromatic heterocycles. The molecule has 0 fully saturated rings. The van der Waals surface area contributed by atoms with Gasteiger partial charge >= 0.3 is 0 Å². The largest absolute Gasteiger partial charge is 0.332 e. The molecule has 6 nitrogen and oxygen atoms in total. The van der Waals surface area contributed by atoms with Crippen molar-refractivity contribution in [3.63, 3.8) is 0 Å². The Balaban J connectivity index is 1.17. The van der Waals surface area contributed by atoms with E-state index in [2.05, 4.69) is 21.3 Å². The molecule has 44 heavy (non-hydrogen) atoms. The average molecular weight is 663 g/mol. The molecule has 4 aromatic rings. The van der Waals surface area contributed by atoms with Crippen LogP contribution in [0.3, 0.4) is 0 Å². The Hall–Kier alpha value is -4.36. The highest BCUT2D eigenvalue weighted by atomic mass is 33.1. The van der Waals surface area contributed by atoms with E-state index in [0.29, 0.717) is 11.1 Å². The van der Waals surface area contributed by atoms with Gasteiger partial charge in [-0.25, -0.2) is 8.78 Å². The number of nitrogens with one attached hydrogen (secondary N) is 4. The van der Waals surface area contributed by atoms with Gasteiger partial charge < -0.3 is 10.6 Å². The number of benzene rings is 4. The first kappa shape index (κ1) is 32.6. The van der Waals surface area contributed by atoms with Gasteiger partial charge in [-0.1, -0.05) is 45.9 Å². The molecule has 0 heterocycles. The van der Waals surface area contributed by atoms with Gasteiger partial charge in [-0.3, -0.25) is 20.2 Å². The molecule has 4 N–H and O–H groups in total. The zero-order valence-electron chi connectivity index (χ0n) is 22.8. The first-order chi connectivity index (χ1) is 21.2. The van der Waals surface area contributed by atoms with Crippen molar-refractivity contribution < 1.29 is 18.4 Å². The molecule has 4 aromatic carbocycles. The van der Waals surface area contributed by atoms with E-state index in [1.165, 1.54) is 36.4 Å². The van der Waals surface area contributed by atoms with Crippen molar-refractivity contribution in [1.29, 1.82) is 0 Å². The third-order valence-electron chi connectivity index (χ3n) is 5.53. The van der Waals surface area contributed by atoms with E-state index in [1.807, 2.05) is 48.5 Å². The second-order valence-corrected chi connectivity index (χ2v) is 12.0. The van der Waals surface area contributed by atoms with Gasteiger partial charge in [0.15, 0.2) is 10.2 Å². The second kappa shape index (κ2) is 16.5. The molecule has 0 atom stereocenters. The van der Waals surface area contributed by atoms with Gasteiger partial charge in [0.1, 0.15) is 11.6 Å². The maximum absolute atomic E-state index is 13.0. The minimum atomic E-state index is -0.404. The number of hydrogen-bond acceptors (Lipinski definition) is 6. The molecular weight excluding hydrogens is 639 g/mol. The first-order valence-electron chi connectivity index (χ1n) is 12.9. The van der Waals surface area contributed by atoms with E-state index in [0.717, 1.165) is 21.2 Å². The fraction of sp³-hybridized carbons (Fsp3) is 0. The van der Waals surface area contributed by atoms with Crippen molar-refractivity contribution >= 4 is 91.6 Å². The zero-order chi connectivity index (χ0) is 31.3. The van der Waals surface area contributed by atoms with Gasteiger partial charge in [0.05, 0.1) is 0 Å². The van der Waals surface area contributed by atoms with Crippen LogP contribution in [0.15, 0.2) is 119 Å². The fourth-order valence-corrected chi connectivity index (χ4v) is 5.78. The minimum Gasteiger partial charge on any atom is -0.332 e. The van der Waals surface area contributed by atoms with Gasteiger partial charge in [0.25, 0.3) is 0 Å². The highest BCUT2D eigenvalue weighted by Crippen LogP contribution is 2.38. The number of carbonyl (C=O) groups excluding carboxylic acids is 2. The van der Waals surface area contributed by atoms with E-state index in [9.17, 15) is 18.4 Å². The Morgan fingerprint density at radius 2 is 0.886 bits per heavy atom. The van der Waals surface area contributed by atoms with Gasteiger partial charge in [-0.2, -0.15) is 0 Å². The molecule has 0 aliphatic carbocycles. The van der Waals surface area contributed by atoms with E-state index in [4.69, 9.17) is 24.4 Å². The van der Waals surface area contributed by atoms with Gasteiger partial charge in [0.2, 0.25) is 11.8 Å². The summed E-state index contributed by atoms with van der Waals surface area (Å²) in [5.74, 6) is -1.49. The number of thiocarbonyl (C=S) groups is 2. The summed E-state index contributed by atoms with van der Waals surface area (Å²) in [6.07, 6.45) is 5.78. The third-order valence-corrected chi connectivity index (χ3v) is 8.35. The summed E-state index contributed by atoms with van der Waals surface area (Å²) in [6, 6.07) is 26.7. The van der Waals surface area contributed by atoms with Crippen LogP contribution < -0.4 is 21.3 Å². The molecule has 12 heteroatoms. The summed E-state index contributed by atoms with van der Waals surface area (Å²) in [7, 11) is 3.14. The van der Waals surface area contributed by atoms with Gasteiger partial charge in [-0.15, -0.1) is 0 Å². The molecule has 0 saturated heterocycles. The standard InChI is InChI=1S/C32H24F2N4O2S4/c33-23-7-1-21(2-8-23)5-19-29(39)37-31(41)35-25-11-15-27(16-12-25)43-44-28-17-13-26(14-18-28)36-32(42)38-30(40)20-6-22-3-9-24(34)10-4-22/h1-20H,(H2,35,37,39,41)(H2,36,38,40,42)/b19-5+,20-6+. The Kier molecular flexibility index (Phi) is 12.2. The Morgan fingerprint density at radius 1 is 0.545 bits per heavy atom. The summed E-state index contributed by atoms with van der Waals surface area (Å²) in [5.41, 5.74) is 2.82. The first-order valence-corrected chi connectivity index (χ1v) is 15.8. The molecule has 0 aliphatic rings. The molecule has 2 amide bonds. The maximum Gasteiger partial charge on any atom is 0.250 e. The smallest absolute Gasteiger partial charge is 0.250 e. The molecule has 0 aliphatic heterocycles.